The van der Waals surface area contributed by atoms with Crippen molar-refractivity contribution in [1.29, 1.82) is 0 Å². The number of carbonyl (C=O) groups excluding carboxylic acids is 1. The smallest absolute Gasteiger partial charge is 0.223 e. The number of carbonyl (C=O) groups is 1. The van der Waals surface area contributed by atoms with Crippen LogP contribution in [-0.2, 0) is 11.2 Å². The molecule has 88 valence electrons. The second kappa shape index (κ2) is 5.68. The molecule has 0 saturated heterocycles. The van der Waals surface area contributed by atoms with Crippen molar-refractivity contribution in [3.05, 3.63) is 18.4 Å². The standard InChI is InChI=1S/C12H18N2O2/c15-12(10-4-2-1-3-5-10)13-7-6-11-8-16-9-14-11/h8-10H,1-7H2,(H,13,15). The predicted octanol–water partition coefficient (Wildman–Crippen LogP) is 1.91. The summed E-state index contributed by atoms with van der Waals surface area (Å²) in [5, 5.41) is 2.97. The van der Waals surface area contributed by atoms with Crippen molar-refractivity contribution >= 4 is 5.91 Å². The minimum absolute atomic E-state index is 0.211. The number of amides is 1. The van der Waals surface area contributed by atoms with Gasteiger partial charge in [-0.2, -0.15) is 0 Å². The summed E-state index contributed by atoms with van der Waals surface area (Å²) in [6.45, 7) is 0.655. The van der Waals surface area contributed by atoms with Crippen LogP contribution < -0.4 is 5.32 Å². The van der Waals surface area contributed by atoms with Crippen LogP contribution in [0.5, 0.6) is 0 Å². The van der Waals surface area contributed by atoms with E-state index in [1.807, 2.05) is 0 Å². The second-order valence-corrected chi connectivity index (χ2v) is 4.36. The number of rotatable bonds is 4. The van der Waals surface area contributed by atoms with E-state index in [0.29, 0.717) is 6.54 Å². The lowest BCUT2D eigenvalue weighted by Gasteiger charge is -2.20. The van der Waals surface area contributed by atoms with Crippen molar-refractivity contribution in [2.75, 3.05) is 6.54 Å². The van der Waals surface area contributed by atoms with Gasteiger partial charge in [-0.1, -0.05) is 19.3 Å². The van der Waals surface area contributed by atoms with Gasteiger partial charge in [0.2, 0.25) is 5.91 Å². The van der Waals surface area contributed by atoms with Gasteiger partial charge in [0.05, 0.1) is 5.69 Å². The highest BCUT2D eigenvalue weighted by atomic mass is 16.3. The van der Waals surface area contributed by atoms with Gasteiger partial charge in [0, 0.05) is 18.9 Å². The van der Waals surface area contributed by atoms with Crippen molar-refractivity contribution in [1.82, 2.24) is 10.3 Å². The Hall–Kier alpha value is -1.32. The lowest BCUT2D eigenvalue weighted by Crippen LogP contribution is -2.33. The highest BCUT2D eigenvalue weighted by Crippen LogP contribution is 2.23. The molecular formula is C12H18N2O2. The van der Waals surface area contributed by atoms with Crippen LogP contribution in [0.25, 0.3) is 0 Å². The highest BCUT2D eigenvalue weighted by molar-refractivity contribution is 5.78. The Morgan fingerprint density at radius 2 is 2.25 bits per heavy atom. The van der Waals surface area contributed by atoms with Crippen LogP contribution in [-0.4, -0.2) is 17.4 Å². The first-order valence-corrected chi connectivity index (χ1v) is 6.01. The summed E-state index contributed by atoms with van der Waals surface area (Å²) in [5.41, 5.74) is 0.893. The van der Waals surface area contributed by atoms with Crippen molar-refractivity contribution in [2.45, 2.75) is 38.5 Å². The fourth-order valence-corrected chi connectivity index (χ4v) is 2.18. The quantitative estimate of drug-likeness (QED) is 0.846. The van der Waals surface area contributed by atoms with Gasteiger partial charge in [-0.3, -0.25) is 4.79 Å². The average molecular weight is 222 g/mol. The van der Waals surface area contributed by atoms with Gasteiger partial charge in [0.25, 0.3) is 0 Å². The van der Waals surface area contributed by atoms with E-state index in [-0.39, 0.29) is 11.8 Å². The molecule has 0 atom stereocenters. The molecule has 0 unspecified atom stereocenters. The molecular weight excluding hydrogens is 204 g/mol. The number of aromatic nitrogens is 1. The maximum absolute atomic E-state index is 11.8. The Morgan fingerprint density at radius 3 is 2.94 bits per heavy atom. The van der Waals surface area contributed by atoms with Crippen LogP contribution in [0.4, 0.5) is 0 Å². The van der Waals surface area contributed by atoms with Crippen LogP contribution in [0, 0.1) is 5.92 Å². The Kier molecular flexibility index (Phi) is 3.97. The van der Waals surface area contributed by atoms with Crippen molar-refractivity contribution in [2.24, 2.45) is 5.92 Å². The number of nitrogens with one attached hydrogen (secondary N) is 1. The van der Waals surface area contributed by atoms with E-state index < -0.39 is 0 Å². The zero-order valence-corrected chi connectivity index (χ0v) is 9.45. The topological polar surface area (TPSA) is 55.1 Å². The summed E-state index contributed by atoms with van der Waals surface area (Å²) in [6.07, 6.45) is 9.55. The monoisotopic (exact) mass is 222 g/mol. The summed E-state index contributed by atoms with van der Waals surface area (Å²) in [7, 11) is 0. The summed E-state index contributed by atoms with van der Waals surface area (Å²) < 4.78 is 4.86. The van der Waals surface area contributed by atoms with Gasteiger partial charge in [0.1, 0.15) is 6.26 Å². The molecule has 0 bridgehead atoms. The predicted molar refractivity (Wildman–Crippen MR) is 59.8 cm³/mol. The second-order valence-electron chi connectivity index (χ2n) is 4.36. The highest BCUT2D eigenvalue weighted by Gasteiger charge is 2.20. The third kappa shape index (κ3) is 3.08. The van der Waals surface area contributed by atoms with E-state index in [4.69, 9.17) is 4.42 Å². The van der Waals surface area contributed by atoms with Gasteiger partial charge in [-0.05, 0) is 12.8 Å². The normalized spacial score (nSPS) is 17.2. The van der Waals surface area contributed by atoms with Gasteiger partial charge in [0.15, 0.2) is 6.39 Å². The van der Waals surface area contributed by atoms with Gasteiger partial charge in [-0.15, -0.1) is 0 Å². The molecule has 4 heteroatoms. The average Bonchev–Trinajstić information content (AvgIpc) is 2.83. The maximum Gasteiger partial charge on any atom is 0.223 e. The summed E-state index contributed by atoms with van der Waals surface area (Å²) >= 11 is 0. The van der Waals surface area contributed by atoms with Crippen molar-refractivity contribution in [3.63, 3.8) is 0 Å². The largest absolute Gasteiger partial charge is 0.451 e. The fraction of sp³-hybridized carbons (Fsp3) is 0.667. The third-order valence-electron chi connectivity index (χ3n) is 3.14. The van der Waals surface area contributed by atoms with Crippen LogP contribution >= 0.6 is 0 Å². The van der Waals surface area contributed by atoms with Gasteiger partial charge >= 0.3 is 0 Å². The van der Waals surface area contributed by atoms with E-state index in [2.05, 4.69) is 10.3 Å². The van der Waals surface area contributed by atoms with Crippen LogP contribution in [0.2, 0.25) is 0 Å². The van der Waals surface area contributed by atoms with Crippen LogP contribution in [0.1, 0.15) is 37.8 Å². The van der Waals surface area contributed by atoms with Crippen molar-refractivity contribution in [3.8, 4) is 0 Å². The lowest BCUT2D eigenvalue weighted by atomic mass is 9.89. The molecule has 1 aromatic rings. The zero-order valence-electron chi connectivity index (χ0n) is 9.45. The maximum atomic E-state index is 11.8. The Morgan fingerprint density at radius 1 is 1.44 bits per heavy atom. The molecule has 1 saturated carbocycles. The molecule has 1 fully saturated rings. The van der Waals surface area contributed by atoms with Crippen molar-refractivity contribution < 1.29 is 9.21 Å². The van der Waals surface area contributed by atoms with E-state index in [1.54, 1.807) is 6.26 Å². The van der Waals surface area contributed by atoms with Gasteiger partial charge in [-0.25, -0.2) is 4.98 Å². The summed E-state index contributed by atoms with van der Waals surface area (Å²) in [4.78, 5) is 15.8. The molecule has 2 rings (SSSR count). The van der Waals surface area contributed by atoms with E-state index in [0.717, 1.165) is 25.0 Å². The van der Waals surface area contributed by atoms with E-state index in [9.17, 15) is 4.79 Å². The molecule has 1 aliphatic carbocycles. The van der Waals surface area contributed by atoms with Crippen LogP contribution in [0.15, 0.2) is 17.1 Å². The zero-order chi connectivity index (χ0) is 11.2. The molecule has 1 aromatic heterocycles. The molecule has 0 spiro atoms. The molecule has 1 aliphatic rings. The number of hydrogen-bond acceptors (Lipinski definition) is 3. The van der Waals surface area contributed by atoms with Gasteiger partial charge < -0.3 is 9.73 Å². The summed E-state index contributed by atoms with van der Waals surface area (Å²) in [5.74, 6) is 0.453. The first kappa shape index (κ1) is 11.2. The van der Waals surface area contributed by atoms with E-state index in [1.165, 1.54) is 25.7 Å². The number of nitrogens with zero attached hydrogens (tertiary/aromatic N) is 1. The molecule has 0 aromatic carbocycles. The summed E-state index contributed by atoms with van der Waals surface area (Å²) in [6, 6.07) is 0. The molecule has 4 nitrogen and oxygen atoms in total. The Balaban J connectivity index is 1.67. The first-order valence-electron chi connectivity index (χ1n) is 6.01. The third-order valence-corrected chi connectivity index (χ3v) is 3.14. The Labute approximate surface area is 95.4 Å². The fourth-order valence-electron chi connectivity index (χ4n) is 2.18. The SMILES string of the molecule is O=C(NCCc1cocn1)C1CCCCC1. The molecule has 0 aliphatic heterocycles. The number of hydrogen-bond donors (Lipinski definition) is 1. The van der Waals surface area contributed by atoms with E-state index >= 15 is 0 Å². The molecule has 1 amide bonds. The molecule has 1 N–H and O–H groups in total. The molecule has 16 heavy (non-hydrogen) atoms. The molecule has 0 radical (unpaired) electrons. The Bertz CT molecular complexity index is 316. The first-order chi connectivity index (χ1) is 7.86. The minimum Gasteiger partial charge on any atom is -0.451 e. The minimum atomic E-state index is 0.211. The molecule has 1 heterocycles. The lowest BCUT2D eigenvalue weighted by molar-refractivity contribution is -0.125. The number of oxazole rings is 1. The van der Waals surface area contributed by atoms with Crippen LogP contribution in [0.3, 0.4) is 0 Å².